The van der Waals surface area contributed by atoms with Gasteiger partial charge in [0, 0.05) is 4.47 Å². The van der Waals surface area contributed by atoms with Gasteiger partial charge in [-0.25, -0.2) is 0 Å². The average Bonchev–Trinajstić information content (AvgIpc) is 2.73. The third-order valence-corrected chi connectivity index (χ3v) is 5.07. The Kier molecular flexibility index (Phi) is 4.15. The normalized spacial score (nSPS) is 25.4. The fraction of sp³-hybridized carbons (Fsp3) is 0.600. The quantitative estimate of drug-likeness (QED) is 0.895. The summed E-state index contributed by atoms with van der Waals surface area (Å²) in [4.78, 5) is 0. The van der Waals surface area contributed by atoms with Crippen molar-refractivity contribution in [1.82, 2.24) is 0 Å². The van der Waals surface area contributed by atoms with Gasteiger partial charge in [0.25, 0.3) is 0 Å². The summed E-state index contributed by atoms with van der Waals surface area (Å²) < 4.78 is 6.88. The zero-order chi connectivity index (χ0) is 13.4. The number of rotatable bonds is 2. The Morgan fingerprint density at radius 2 is 1.94 bits per heavy atom. The summed E-state index contributed by atoms with van der Waals surface area (Å²) in [5, 5.41) is 10.6. The highest BCUT2D eigenvalue weighted by molar-refractivity contribution is 9.10. The predicted octanol–water partition coefficient (Wildman–Crippen LogP) is 3.98. The van der Waals surface area contributed by atoms with Crippen molar-refractivity contribution in [3.63, 3.8) is 0 Å². The average molecular weight is 313 g/mol. The monoisotopic (exact) mass is 312 g/mol. The molecule has 1 saturated heterocycles. The molecule has 0 aliphatic carbocycles. The molecule has 3 atom stereocenters. The Morgan fingerprint density at radius 3 is 2.50 bits per heavy atom. The molecule has 1 aliphatic heterocycles. The molecule has 0 spiro atoms. The molecule has 1 N–H and O–H groups in total. The molecule has 0 saturated carbocycles. The molecule has 2 nitrogen and oxygen atoms in total. The van der Waals surface area contributed by atoms with Crippen LogP contribution in [-0.2, 0) is 4.74 Å². The maximum absolute atomic E-state index is 10.6. The molecule has 1 fully saturated rings. The molecule has 3 unspecified atom stereocenters. The van der Waals surface area contributed by atoms with Gasteiger partial charge in [-0.2, -0.15) is 0 Å². The van der Waals surface area contributed by atoms with Crippen LogP contribution in [0.15, 0.2) is 10.5 Å². The van der Waals surface area contributed by atoms with Crippen LogP contribution >= 0.6 is 15.9 Å². The van der Waals surface area contributed by atoms with Gasteiger partial charge in [-0.05, 0) is 62.8 Å². The summed E-state index contributed by atoms with van der Waals surface area (Å²) in [5.41, 5.74) is 4.50. The SMILES string of the molecule is Cc1cc(C)c(C(O)C2CCC(C)O2)c(C)c1Br. The predicted molar refractivity (Wildman–Crippen MR) is 76.9 cm³/mol. The summed E-state index contributed by atoms with van der Waals surface area (Å²) in [6.07, 6.45) is 1.65. The third-order valence-electron chi connectivity index (χ3n) is 3.85. The topological polar surface area (TPSA) is 29.5 Å². The molecule has 18 heavy (non-hydrogen) atoms. The van der Waals surface area contributed by atoms with Crippen LogP contribution in [0.25, 0.3) is 0 Å². The minimum Gasteiger partial charge on any atom is -0.386 e. The number of aliphatic hydroxyl groups is 1. The number of hydrogen-bond acceptors (Lipinski definition) is 2. The first-order valence-electron chi connectivity index (χ1n) is 6.51. The lowest BCUT2D eigenvalue weighted by atomic mass is 9.92. The van der Waals surface area contributed by atoms with Crippen molar-refractivity contribution in [2.45, 2.75) is 58.8 Å². The summed E-state index contributed by atoms with van der Waals surface area (Å²) in [6.45, 7) is 8.26. The van der Waals surface area contributed by atoms with Crippen molar-refractivity contribution >= 4 is 15.9 Å². The van der Waals surface area contributed by atoms with Gasteiger partial charge in [-0.1, -0.05) is 22.0 Å². The minimum atomic E-state index is -0.521. The van der Waals surface area contributed by atoms with E-state index in [0.717, 1.165) is 34.0 Å². The first kappa shape index (κ1) is 14.0. The van der Waals surface area contributed by atoms with Crippen molar-refractivity contribution in [2.75, 3.05) is 0 Å². The van der Waals surface area contributed by atoms with Gasteiger partial charge in [0.2, 0.25) is 0 Å². The summed E-state index contributed by atoms with van der Waals surface area (Å²) in [7, 11) is 0. The van der Waals surface area contributed by atoms with E-state index in [-0.39, 0.29) is 12.2 Å². The van der Waals surface area contributed by atoms with Gasteiger partial charge in [0.05, 0.1) is 12.2 Å². The molecule has 1 heterocycles. The molecule has 100 valence electrons. The van der Waals surface area contributed by atoms with E-state index in [2.05, 4.69) is 49.7 Å². The highest BCUT2D eigenvalue weighted by Crippen LogP contribution is 2.36. The van der Waals surface area contributed by atoms with E-state index in [1.165, 1.54) is 5.56 Å². The van der Waals surface area contributed by atoms with Crippen LogP contribution in [0, 0.1) is 20.8 Å². The number of aryl methyl sites for hydroxylation is 2. The molecule has 2 rings (SSSR count). The van der Waals surface area contributed by atoms with E-state index in [9.17, 15) is 5.11 Å². The molecule has 3 heteroatoms. The van der Waals surface area contributed by atoms with E-state index in [0.29, 0.717) is 0 Å². The lowest BCUT2D eigenvalue weighted by molar-refractivity contribution is -0.0302. The number of halogens is 1. The second-order valence-electron chi connectivity index (χ2n) is 5.37. The van der Waals surface area contributed by atoms with Crippen LogP contribution in [-0.4, -0.2) is 17.3 Å². The molecule has 1 aliphatic rings. The van der Waals surface area contributed by atoms with Gasteiger partial charge < -0.3 is 9.84 Å². The Hall–Kier alpha value is -0.380. The van der Waals surface area contributed by atoms with Crippen molar-refractivity contribution in [3.8, 4) is 0 Å². The summed E-state index contributed by atoms with van der Waals surface area (Å²) in [5.74, 6) is 0. The van der Waals surface area contributed by atoms with Crippen LogP contribution in [0.2, 0.25) is 0 Å². The lowest BCUT2D eigenvalue weighted by Gasteiger charge is -2.23. The van der Waals surface area contributed by atoms with Gasteiger partial charge in [0.1, 0.15) is 6.10 Å². The smallest absolute Gasteiger partial charge is 0.106 e. The van der Waals surface area contributed by atoms with E-state index in [4.69, 9.17) is 4.74 Å². The Morgan fingerprint density at radius 1 is 1.28 bits per heavy atom. The van der Waals surface area contributed by atoms with E-state index in [1.54, 1.807) is 0 Å². The summed E-state index contributed by atoms with van der Waals surface area (Å²) >= 11 is 3.60. The number of ether oxygens (including phenoxy) is 1. The van der Waals surface area contributed by atoms with Crippen LogP contribution in [0.4, 0.5) is 0 Å². The standard InChI is InChI=1S/C15H21BrO2/c1-8-7-9(2)14(16)11(4)13(8)15(17)12-6-5-10(3)18-12/h7,10,12,15,17H,5-6H2,1-4H3. The van der Waals surface area contributed by atoms with Crippen molar-refractivity contribution in [2.24, 2.45) is 0 Å². The van der Waals surface area contributed by atoms with Gasteiger partial charge in [-0.3, -0.25) is 0 Å². The molecule has 1 aromatic carbocycles. The van der Waals surface area contributed by atoms with Crippen LogP contribution in [0.3, 0.4) is 0 Å². The van der Waals surface area contributed by atoms with Crippen molar-refractivity contribution in [1.29, 1.82) is 0 Å². The Bertz CT molecular complexity index is 456. The number of aliphatic hydroxyl groups excluding tert-OH is 1. The summed E-state index contributed by atoms with van der Waals surface area (Å²) in [6, 6.07) is 2.12. The molecule has 1 aromatic rings. The zero-order valence-corrected chi connectivity index (χ0v) is 13.0. The first-order valence-corrected chi connectivity index (χ1v) is 7.30. The van der Waals surface area contributed by atoms with Crippen molar-refractivity contribution in [3.05, 3.63) is 32.8 Å². The molecule has 0 radical (unpaired) electrons. The van der Waals surface area contributed by atoms with E-state index in [1.807, 2.05) is 0 Å². The van der Waals surface area contributed by atoms with Gasteiger partial charge in [0.15, 0.2) is 0 Å². The second kappa shape index (κ2) is 5.32. The fourth-order valence-corrected chi connectivity index (χ4v) is 3.21. The maximum Gasteiger partial charge on any atom is 0.106 e. The largest absolute Gasteiger partial charge is 0.386 e. The lowest BCUT2D eigenvalue weighted by Crippen LogP contribution is -2.20. The Labute approximate surface area is 117 Å². The Balaban J connectivity index is 2.36. The van der Waals surface area contributed by atoms with Crippen LogP contribution < -0.4 is 0 Å². The molecule has 0 bridgehead atoms. The maximum atomic E-state index is 10.6. The molecular weight excluding hydrogens is 292 g/mol. The zero-order valence-electron chi connectivity index (χ0n) is 11.5. The minimum absolute atomic E-state index is 0.0630. The van der Waals surface area contributed by atoms with E-state index < -0.39 is 6.10 Å². The number of benzene rings is 1. The third kappa shape index (κ3) is 2.49. The van der Waals surface area contributed by atoms with Crippen LogP contribution in [0.5, 0.6) is 0 Å². The fourth-order valence-electron chi connectivity index (χ4n) is 2.88. The highest BCUT2D eigenvalue weighted by atomic mass is 79.9. The van der Waals surface area contributed by atoms with Gasteiger partial charge >= 0.3 is 0 Å². The molecular formula is C15H21BrO2. The van der Waals surface area contributed by atoms with Crippen LogP contribution in [0.1, 0.15) is 48.1 Å². The second-order valence-corrected chi connectivity index (χ2v) is 6.16. The molecule has 0 amide bonds. The van der Waals surface area contributed by atoms with Gasteiger partial charge in [-0.15, -0.1) is 0 Å². The molecule has 0 aromatic heterocycles. The number of hydrogen-bond donors (Lipinski definition) is 1. The van der Waals surface area contributed by atoms with E-state index >= 15 is 0 Å². The van der Waals surface area contributed by atoms with Crippen molar-refractivity contribution < 1.29 is 9.84 Å². The first-order chi connectivity index (χ1) is 8.41. The highest BCUT2D eigenvalue weighted by Gasteiger charge is 2.31.